The van der Waals surface area contributed by atoms with Gasteiger partial charge in [0.2, 0.25) is 0 Å². The Labute approximate surface area is 66.6 Å². The number of aliphatic carboxylic acids is 1. The number of carbonyl (C=O) groups is 1. The lowest BCUT2D eigenvalue weighted by molar-refractivity contribution is -0.139. The third-order valence-corrected chi connectivity index (χ3v) is 2.55. The second kappa shape index (κ2) is 3.72. The Morgan fingerprint density at radius 1 is 1.45 bits per heavy atom. The molecule has 0 amide bonds. The topological polar surface area (TPSA) is 63.3 Å². The van der Waals surface area contributed by atoms with Gasteiger partial charge in [-0.2, -0.15) is 0 Å². The van der Waals surface area contributed by atoms with E-state index in [4.69, 9.17) is 10.8 Å². The summed E-state index contributed by atoms with van der Waals surface area (Å²) in [4.78, 5) is 10.3. The quantitative estimate of drug-likeness (QED) is 0.635. The van der Waals surface area contributed by atoms with Crippen molar-refractivity contribution in [1.29, 1.82) is 0 Å². The maximum atomic E-state index is 10.3. The van der Waals surface area contributed by atoms with Gasteiger partial charge in [-0.3, -0.25) is 4.79 Å². The molecule has 0 aliphatic heterocycles. The number of rotatable bonds is 4. The first-order chi connectivity index (χ1) is 5.24. The largest absolute Gasteiger partial charge is 0.481 e. The van der Waals surface area contributed by atoms with Crippen molar-refractivity contribution in [2.24, 2.45) is 17.6 Å². The fourth-order valence-corrected chi connectivity index (χ4v) is 1.73. The van der Waals surface area contributed by atoms with Crippen molar-refractivity contribution in [3.05, 3.63) is 0 Å². The van der Waals surface area contributed by atoms with E-state index in [0.717, 1.165) is 12.8 Å². The maximum Gasteiger partial charge on any atom is 0.303 e. The first kappa shape index (κ1) is 8.53. The highest BCUT2D eigenvalue weighted by Crippen LogP contribution is 2.38. The van der Waals surface area contributed by atoms with E-state index < -0.39 is 5.97 Å². The van der Waals surface area contributed by atoms with Crippen LogP contribution in [0.1, 0.15) is 25.7 Å². The molecule has 3 N–H and O–H groups in total. The zero-order valence-corrected chi connectivity index (χ0v) is 6.62. The van der Waals surface area contributed by atoms with Crippen molar-refractivity contribution in [2.45, 2.75) is 25.7 Å². The van der Waals surface area contributed by atoms with Crippen LogP contribution >= 0.6 is 0 Å². The first-order valence-electron chi connectivity index (χ1n) is 4.16. The predicted octanol–water partition coefficient (Wildman–Crippen LogP) is 0.836. The highest BCUT2D eigenvalue weighted by molar-refractivity contribution is 5.67. The third-order valence-electron chi connectivity index (χ3n) is 2.55. The van der Waals surface area contributed by atoms with Gasteiger partial charge >= 0.3 is 5.97 Å². The summed E-state index contributed by atoms with van der Waals surface area (Å²) in [6.07, 6.45) is 3.59. The molecule has 1 aliphatic carbocycles. The highest BCUT2D eigenvalue weighted by atomic mass is 16.4. The molecule has 0 saturated heterocycles. The normalized spacial score (nSPS) is 29.5. The van der Waals surface area contributed by atoms with Crippen LogP contribution in [0, 0.1) is 11.8 Å². The zero-order chi connectivity index (χ0) is 8.27. The Morgan fingerprint density at radius 3 is 2.45 bits per heavy atom. The summed E-state index contributed by atoms with van der Waals surface area (Å²) in [5.74, 6) is 0.337. The van der Waals surface area contributed by atoms with E-state index in [1.54, 1.807) is 0 Å². The maximum absolute atomic E-state index is 10.3. The summed E-state index contributed by atoms with van der Waals surface area (Å²) >= 11 is 0. The van der Waals surface area contributed by atoms with Crippen molar-refractivity contribution in [2.75, 3.05) is 6.54 Å². The number of nitrogens with two attached hydrogens (primary N) is 1. The summed E-state index contributed by atoms with van der Waals surface area (Å²) < 4.78 is 0. The van der Waals surface area contributed by atoms with Crippen LogP contribution in [0.25, 0.3) is 0 Å². The molecule has 0 bridgehead atoms. The molecule has 64 valence electrons. The first-order valence-corrected chi connectivity index (χ1v) is 4.16. The highest BCUT2D eigenvalue weighted by Gasteiger charge is 2.31. The molecule has 0 heterocycles. The molecule has 0 aromatic rings. The number of carboxylic acids is 1. The van der Waals surface area contributed by atoms with E-state index >= 15 is 0 Å². The fraction of sp³-hybridized carbons (Fsp3) is 0.875. The van der Waals surface area contributed by atoms with E-state index in [1.807, 2.05) is 0 Å². The molecule has 3 nitrogen and oxygen atoms in total. The minimum atomic E-state index is -0.670. The minimum Gasteiger partial charge on any atom is -0.481 e. The van der Waals surface area contributed by atoms with Crippen LogP contribution in [0.2, 0.25) is 0 Å². The van der Waals surface area contributed by atoms with Crippen LogP contribution in [0.15, 0.2) is 0 Å². The molecular formula is C8H15NO2. The number of hydrogen-bond donors (Lipinski definition) is 2. The minimum absolute atomic E-state index is 0.338. The molecule has 1 fully saturated rings. The van der Waals surface area contributed by atoms with Crippen molar-refractivity contribution in [3.63, 3.8) is 0 Å². The van der Waals surface area contributed by atoms with Crippen LogP contribution in [-0.4, -0.2) is 17.6 Å². The second-order valence-electron chi connectivity index (χ2n) is 3.27. The Hall–Kier alpha value is -0.570. The van der Waals surface area contributed by atoms with E-state index in [0.29, 0.717) is 24.8 Å². The molecule has 1 saturated carbocycles. The van der Waals surface area contributed by atoms with Gasteiger partial charge in [0.05, 0.1) is 0 Å². The SMILES string of the molecule is NCCC1CCC1CC(=O)O. The van der Waals surface area contributed by atoms with Crippen LogP contribution in [0.5, 0.6) is 0 Å². The van der Waals surface area contributed by atoms with Crippen molar-refractivity contribution >= 4 is 5.97 Å². The lowest BCUT2D eigenvalue weighted by Crippen LogP contribution is -2.29. The van der Waals surface area contributed by atoms with E-state index in [1.165, 1.54) is 6.42 Å². The monoisotopic (exact) mass is 157 g/mol. The average Bonchev–Trinajstić information content (AvgIpc) is 1.93. The molecule has 0 aromatic carbocycles. The summed E-state index contributed by atoms with van der Waals surface area (Å²) in [5, 5.41) is 8.50. The van der Waals surface area contributed by atoms with Crippen LogP contribution in [0.3, 0.4) is 0 Å². The van der Waals surface area contributed by atoms with E-state index in [9.17, 15) is 4.79 Å². The van der Waals surface area contributed by atoms with Gasteiger partial charge in [-0.25, -0.2) is 0 Å². The van der Waals surface area contributed by atoms with Gasteiger partial charge in [0.1, 0.15) is 0 Å². The number of carboxylic acid groups (broad SMARTS) is 1. The van der Waals surface area contributed by atoms with Gasteiger partial charge in [0.15, 0.2) is 0 Å². The standard InChI is InChI=1S/C8H15NO2/c9-4-3-6-1-2-7(6)5-8(10)11/h6-7H,1-5,9H2,(H,10,11). The Morgan fingerprint density at radius 2 is 2.09 bits per heavy atom. The summed E-state index contributed by atoms with van der Waals surface area (Å²) in [6.45, 7) is 0.695. The van der Waals surface area contributed by atoms with Gasteiger partial charge in [0.25, 0.3) is 0 Å². The molecule has 1 rings (SSSR count). The predicted molar refractivity (Wildman–Crippen MR) is 42.1 cm³/mol. The van der Waals surface area contributed by atoms with E-state index in [2.05, 4.69) is 0 Å². The third kappa shape index (κ3) is 2.19. The molecule has 2 unspecified atom stereocenters. The molecule has 0 aromatic heterocycles. The second-order valence-corrected chi connectivity index (χ2v) is 3.27. The van der Waals surface area contributed by atoms with Gasteiger partial charge < -0.3 is 10.8 Å². The molecule has 3 heteroatoms. The lowest BCUT2D eigenvalue weighted by atomic mass is 9.70. The smallest absolute Gasteiger partial charge is 0.303 e. The van der Waals surface area contributed by atoms with Crippen LogP contribution in [-0.2, 0) is 4.79 Å². The van der Waals surface area contributed by atoms with Crippen LogP contribution in [0.4, 0.5) is 0 Å². The van der Waals surface area contributed by atoms with Gasteiger partial charge in [-0.1, -0.05) is 0 Å². The van der Waals surface area contributed by atoms with Gasteiger partial charge in [0, 0.05) is 6.42 Å². The molecule has 0 radical (unpaired) electrons. The van der Waals surface area contributed by atoms with Crippen molar-refractivity contribution < 1.29 is 9.90 Å². The van der Waals surface area contributed by atoms with E-state index in [-0.39, 0.29) is 0 Å². The Bertz CT molecular complexity index is 147. The van der Waals surface area contributed by atoms with Gasteiger partial charge in [-0.05, 0) is 37.6 Å². The molecule has 2 atom stereocenters. The Balaban J connectivity index is 2.20. The zero-order valence-electron chi connectivity index (χ0n) is 6.62. The molecule has 1 aliphatic rings. The molecule has 11 heavy (non-hydrogen) atoms. The van der Waals surface area contributed by atoms with Gasteiger partial charge in [-0.15, -0.1) is 0 Å². The van der Waals surface area contributed by atoms with Crippen molar-refractivity contribution in [3.8, 4) is 0 Å². The van der Waals surface area contributed by atoms with Crippen LogP contribution < -0.4 is 5.73 Å². The summed E-state index contributed by atoms with van der Waals surface area (Å²) in [7, 11) is 0. The summed E-state index contributed by atoms with van der Waals surface area (Å²) in [5.41, 5.74) is 5.38. The molecular weight excluding hydrogens is 142 g/mol. The fourth-order valence-electron chi connectivity index (χ4n) is 1.73. The average molecular weight is 157 g/mol. The number of hydrogen-bond acceptors (Lipinski definition) is 2. The van der Waals surface area contributed by atoms with Crippen molar-refractivity contribution in [1.82, 2.24) is 0 Å². The summed E-state index contributed by atoms with van der Waals surface area (Å²) in [6, 6.07) is 0. The molecule has 0 spiro atoms. The lowest BCUT2D eigenvalue weighted by Gasteiger charge is -2.35. The Kier molecular flexibility index (Phi) is 2.88.